The first kappa shape index (κ1) is 73.2. The molecule has 9 atom stereocenters. The Morgan fingerprint density at radius 3 is 1.26 bits per heavy atom. The van der Waals surface area contributed by atoms with Crippen molar-refractivity contribution in [2.24, 2.45) is 23.1 Å². The zero-order chi connectivity index (χ0) is 64.0. The lowest BCUT2D eigenvalue weighted by molar-refractivity contribution is -0.141. The molecular weight excluding hydrogens is 1160 g/mol. The molecule has 0 heterocycles. The van der Waals surface area contributed by atoms with Gasteiger partial charge in [0.15, 0.2) is 0 Å². The summed E-state index contributed by atoms with van der Waals surface area (Å²) in [6.45, 7) is 1.74. The lowest BCUT2D eigenvalue weighted by atomic mass is 9.99. The first-order valence-corrected chi connectivity index (χ1v) is 26.7. The minimum atomic E-state index is -1.94. The predicted molar refractivity (Wildman–Crippen MR) is 294 cm³/mol. The topological polar surface area (TPSA) is 573 Å². The highest BCUT2D eigenvalue weighted by Crippen LogP contribution is 2.14. The standard InChI is InChI=1S/C48H71N13O21S2/c1-21(2)13-28(58-43(76)26(8-11-38(69)70)56-42(75)25(7-10-37(67)68)55-40(73)24(49)15-33(50)63)45(78)59-29(14-22-3-5-23(62)6-4-22)46(79)57-27(9-12-39(71)72)44(77)60-30(16-34(51)64)47(80)61-31(19-83)41(74)53-17-35(65)52-18-36(66)54-32(20-84)48(81)82/h3-6,21,24-32,62,83-84H,7-20,49H2,1-2H3,(H2,50,63)(H2,51,64)(H,52,65)(H,53,74)(H,54,66)(H,55,73)(H,56,75)(H,57,79)(H,58,76)(H,59,78)(H,60,77)(H,61,80)(H,67,68)(H,69,70)(H,71,72)(H,81,82)/t24-,25-,26-,27-,28-,29-,30-,31-,32-/m0/s1. The number of carboxylic acids is 4. The van der Waals surface area contributed by atoms with Crippen LogP contribution in [0.3, 0.4) is 0 Å². The number of aromatic hydroxyl groups is 1. The summed E-state index contributed by atoms with van der Waals surface area (Å²) < 4.78 is 0. The summed E-state index contributed by atoms with van der Waals surface area (Å²) in [5, 5.41) is 69.7. The molecule has 12 amide bonds. The molecule has 0 fully saturated rings. The SMILES string of the molecule is CC(C)C[C@H](NC(=O)[C@H](CCC(=O)O)NC(=O)[C@H](CCC(=O)O)NC(=O)[C@@H](N)CC(N)=O)C(=O)N[C@@H](Cc1ccc(O)cc1)C(=O)N[C@@H](CCC(=O)O)C(=O)N[C@@H](CC(N)=O)C(=O)N[C@@H](CS)C(=O)NCC(=O)NCC(=O)N[C@@H](CS)C(=O)O. The number of hydrogen-bond donors (Lipinski definition) is 20. The van der Waals surface area contributed by atoms with E-state index in [0.29, 0.717) is 0 Å². The Hall–Kier alpha value is -8.80. The minimum Gasteiger partial charge on any atom is -0.508 e. The molecule has 0 radical (unpaired) electrons. The zero-order valence-corrected chi connectivity index (χ0v) is 47.2. The first-order chi connectivity index (χ1) is 39.3. The maximum Gasteiger partial charge on any atom is 0.327 e. The number of carbonyl (C=O) groups excluding carboxylic acids is 12. The van der Waals surface area contributed by atoms with Gasteiger partial charge < -0.3 is 95.9 Å². The maximum atomic E-state index is 14.3. The van der Waals surface area contributed by atoms with Gasteiger partial charge in [-0.05, 0) is 49.3 Å². The molecule has 0 aliphatic rings. The van der Waals surface area contributed by atoms with Crippen LogP contribution in [0.5, 0.6) is 5.75 Å². The fraction of sp³-hybridized carbons (Fsp3) is 0.542. The summed E-state index contributed by atoms with van der Waals surface area (Å²) in [5.74, 6) is -20.6. The number of amides is 12. The molecule has 34 nitrogen and oxygen atoms in total. The van der Waals surface area contributed by atoms with Gasteiger partial charge in [-0.1, -0.05) is 26.0 Å². The van der Waals surface area contributed by atoms with Crippen LogP contribution in [-0.4, -0.2) is 199 Å². The Labute approximate surface area is 489 Å². The average Bonchev–Trinajstić information content (AvgIpc) is 3.61. The molecule has 1 aromatic carbocycles. The second kappa shape index (κ2) is 37.3. The van der Waals surface area contributed by atoms with Gasteiger partial charge in [0.05, 0.1) is 32.0 Å². The van der Waals surface area contributed by atoms with Gasteiger partial charge in [0.1, 0.15) is 54.1 Å². The molecule has 466 valence electrons. The van der Waals surface area contributed by atoms with E-state index < -0.39 is 232 Å². The predicted octanol–water partition coefficient (Wildman–Crippen LogP) is -7.29. The summed E-state index contributed by atoms with van der Waals surface area (Å²) in [7, 11) is 0. The van der Waals surface area contributed by atoms with Gasteiger partial charge in [-0.3, -0.25) is 71.9 Å². The fourth-order valence-corrected chi connectivity index (χ4v) is 7.68. The second-order valence-electron chi connectivity index (χ2n) is 19.0. The maximum absolute atomic E-state index is 14.3. The largest absolute Gasteiger partial charge is 0.508 e. The van der Waals surface area contributed by atoms with Gasteiger partial charge in [0.25, 0.3) is 0 Å². The number of thiol groups is 2. The molecule has 0 bridgehead atoms. The molecule has 0 unspecified atom stereocenters. The minimum absolute atomic E-state index is 0.215. The normalized spacial score (nSPS) is 14.0. The number of phenols is 1. The number of phenolic OH excluding ortho intramolecular Hbond substituents is 1. The smallest absolute Gasteiger partial charge is 0.327 e. The van der Waals surface area contributed by atoms with Gasteiger partial charge in [-0.25, -0.2) is 4.79 Å². The van der Waals surface area contributed by atoms with E-state index in [-0.39, 0.29) is 23.5 Å². The highest BCUT2D eigenvalue weighted by molar-refractivity contribution is 7.80. The zero-order valence-electron chi connectivity index (χ0n) is 45.4. The molecule has 1 rings (SSSR count). The van der Waals surface area contributed by atoms with Crippen LogP contribution < -0.4 is 70.4 Å². The second-order valence-corrected chi connectivity index (χ2v) is 19.7. The van der Waals surface area contributed by atoms with E-state index in [2.05, 4.69) is 78.4 Å². The Morgan fingerprint density at radius 2 is 0.833 bits per heavy atom. The third-order valence-electron chi connectivity index (χ3n) is 11.5. The number of carboxylic acid groups (broad SMARTS) is 4. The fourth-order valence-electron chi connectivity index (χ4n) is 7.18. The van der Waals surface area contributed by atoms with Gasteiger partial charge in [-0.2, -0.15) is 25.3 Å². The molecule has 84 heavy (non-hydrogen) atoms. The highest BCUT2D eigenvalue weighted by Gasteiger charge is 2.36. The van der Waals surface area contributed by atoms with Crippen molar-refractivity contribution in [2.45, 2.75) is 132 Å². The van der Waals surface area contributed by atoms with Crippen LogP contribution in [0.25, 0.3) is 0 Å². The third kappa shape index (κ3) is 29.3. The Kier molecular flexibility index (Phi) is 32.5. The molecule has 0 aromatic heterocycles. The highest BCUT2D eigenvalue weighted by atomic mass is 32.1. The summed E-state index contributed by atoms with van der Waals surface area (Å²) >= 11 is 7.83. The van der Waals surface area contributed by atoms with Crippen molar-refractivity contribution >= 4 is 120 Å². The van der Waals surface area contributed by atoms with E-state index in [1.807, 2.05) is 0 Å². The molecule has 0 spiro atoms. The number of primary amides is 2. The monoisotopic (exact) mass is 1230 g/mol. The van der Waals surface area contributed by atoms with Crippen molar-refractivity contribution in [3.8, 4) is 5.75 Å². The number of nitrogens with one attached hydrogen (secondary N) is 10. The third-order valence-corrected chi connectivity index (χ3v) is 12.2. The summed E-state index contributed by atoms with van der Waals surface area (Å²) in [6, 6.07) is -10.2. The number of aliphatic carboxylic acids is 4. The van der Waals surface area contributed by atoms with Gasteiger partial charge in [-0.15, -0.1) is 0 Å². The number of nitrogens with two attached hydrogens (primary N) is 3. The summed E-state index contributed by atoms with van der Waals surface area (Å²) in [6.07, 6.45) is -6.58. The number of rotatable bonds is 40. The Balaban J connectivity index is 3.56. The molecule has 0 aliphatic heterocycles. The van der Waals surface area contributed by atoms with E-state index in [1.165, 1.54) is 24.3 Å². The summed E-state index contributed by atoms with van der Waals surface area (Å²) in [4.78, 5) is 204. The number of carbonyl (C=O) groups is 16. The van der Waals surface area contributed by atoms with Gasteiger partial charge in [0, 0.05) is 37.2 Å². The van der Waals surface area contributed by atoms with E-state index in [9.17, 15) is 97.1 Å². The van der Waals surface area contributed by atoms with Crippen molar-refractivity contribution in [2.75, 3.05) is 24.6 Å². The van der Waals surface area contributed by atoms with Gasteiger partial charge >= 0.3 is 23.9 Å². The van der Waals surface area contributed by atoms with Crippen LogP contribution >= 0.6 is 25.3 Å². The summed E-state index contributed by atoms with van der Waals surface area (Å²) in [5.41, 5.74) is 16.4. The molecule has 0 saturated heterocycles. The van der Waals surface area contributed by atoms with Crippen molar-refractivity contribution in [3.63, 3.8) is 0 Å². The van der Waals surface area contributed by atoms with Crippen molar-refractivity contribution < 1.29 is 102 Å². The van der Waals surface area contributed by atoms with Crippen molar-refractivity contribution in [1.82, 2.24) is 53.2 Å². The molecule has 0 saturated carbocycles. The van der Waals surface area contributed by atoms with E-state index in [4.69, 9.17) is 22.3 Å². The lowest BCUT2D eigenvalue weighted by Gasteiger charge is -2.28. The quantitative estimate of drug-likeness (QED) is 0.0272. The Bertz CT molecular complexity index is 2580. The average molecular weight is 1230 g/mol. The molecule has 21 N–H and O–H groups in total. The number of benzene rings is 1. The lowest BCUT2D eigenvalue weighted by Crippen LogP contribution is -2.61. The van der Waals surface area contributed by atoms with Crippen LogP contribution in [0.15, 0.2) is 24.3 Å². The molecular formula is C48H71N13O21S2. The Morgan fingerprint density at radius 1 is 0.452 bits per heavy atom. The van der Waals surface area contributed by atoms with Crippen LogP contribution in [-0.2, 0) is 83.1 Å². The van der Waals surface area contributed by atoms with E-state index >= 15 is 0 Å². The van der Waals surface area contributed by atoms with Crippen molar-refractivity contribution in [1.29, 1.82) is 0 Å². The molecule has 36 heteroatoms. The molecule has 0 aliphatic carbocycles. The van der Waals surface area contributed by atoms with Crippen LogP contribution in [0.1, 0.15) is 77.2 Å². The first-order valence-electron chi connectivity index (χ1n) is 25.4. The number of hydrogen-bond acceptors (Lipinski definition) is 20. The van der Waals surface area contributed by atoms with Crippen LogP contribution in [0.2, 0.25) is 0 Å². The van der Waals surface area contributed by atoms with Crippen LogP contribution in [0.4, 0.5) is 0 Å². The van der Waals surface area contributed by atoms with E-state index in [0.717, 1.165) is 0 Å². The van der Waals surface area contributed by atoms with Gasteiger partial charge in [0.2, 0.25) is 70.9 Å². The van der Waals surface area contributed by atoms with Crippen molar-refractivity contribution in [3.05, 3.63) is 29.8 Å². The molecule has 1 aromatic rings. The van der Waals surface area contributed by atoms with Crippen LogP contribution in [0, 0.1) is 5.92 Å². The van der Waals surface area contributed by atoms with E-state index in [1.54, 1.807) is 13.8 Å².